The lowest BCUT2D eigenvalue weighted by Gasteiger charge is -2.16. The van der Waals surface area contributed by atoms with Crippen LogP contribution in [0.2, 0.25) is 0 Å². The molecule has 1 aromatic heterocycles. The zero-order valence-corrected chi connectivity index (χ0v) is 15.0. The average molecular weight is 406 g/mol. The number of benzene rings is 1. The summed E-state index contributed by atoms with van der Waals surface area (Å²) in [5.74, 6) is -0.199. The van der Waals surface area contributed by atoms with Gasteiger partial charge in [0, 0.05) is 15.3 Å². The Hall–Kier alpha value is -0.190. The summed E-state index contributed by atoms with van der Waals surface area (Å²) >= 11 is 8.57. The minimum Gasteiger partial charge on any atom is -0.205 e. The van der Waals surface area contributed by atoms with Crippen molar-refractivity contribution in [1.29, 1.82) is 0 Å². The van der Waals surface area contributed by atoms with Gasteiger partial charge in [-0.2, -0.15) is 0 Å². The van der Waals surface area contributed by atoms with Crippen LogP contribution in [0.15, 0.2) is 34.8 Å². The predicted octanol–water partition coefficient (Wildman–Crippen LogP) is 6.43. The molecule has 0 nitrogen and oxygen atoms in total. The molecule has 1 atom stereocenters. The van der Waals surface area contributed by atoms with Crippen LogP contribution in [-0.2, 0) is 5.41 Å². The van der Waals surface area contributed by atoms with E-state index in [-0.39, 0.29) is 16.1 Å². The highest BCUT2D eigenvalue weighted by Gasteiger charge is 2.21. The van der Waals surface area contributed by atoms with Crippen LogP contribution in [-0.4, -0.2) is 0 Å². The minimum atomic E-state index is -0.199. The van der Waals surface area contributed by atoms with Crippen molar-refractivity contribution in [3.63, 3.8) is 0 Å². The molecule has 0 N–H and O–H groups in total. The van der Waals surface area contributed by atoms with E-state index in [1.165, 1.54) is 4.88 Å². The monoisotopic (exact) mass is 404 g/mol. The van der Waals surface area contributed by atoms with E-state index in [1.807, 2.05) is 12.1 Å². The van der Waals surface area contributed by atoms with Crippen molar-refractivity contribution >= 4 is 43.2 Å². The Balaban J connectivity index is 2.37. The van der Waals surface area contributed by atoms with Crippen LogP contribution in [0, 0.1) is 5.82 Å². The molecule has 0 radical (unpaired) electrons. The van der Waals surface area contributed by atoms with E-state index in [4.69, 9.17) is 0 Å². The number of rotatable bonds is 2. The number of thiophene rings is 1. The second kappa shape index (κ2) is 5.66. The van der Waals surface area contributed by atoms with Gasteiger partial charge in [-0.3, -0.25) is 0 Å². The van der Waals surface area contributed by atoms with Crippen molar-refractivity contribution in [2.24, 2.45) is 0 Å². The van der Waals surface area contributed by atoms with Crippen LogP contribution >= 0.6 is 43.2 Å². The SMILES string of the molecule is CC(C)(C)c1ccc(C(Br)c2cccc(Br)c2F)s1. The van der Waals surface area contributed by atoms with Gasteiger partial charge in [-0.1, -0.05) is 48.8 Å². The molecule has 0 saturated carbocycles. The summed E-state index contributed by atoms with van der Waals surface area (Å²) in [6, 6.07) is 9.59. The average Bonchev–Trinajstić information content (AvgIpc) is 2.81. The number of hydrogen-bond donors (Lipinski definition) is 0. The molecular formula is C15H15Br2FS. The first kappa shape index (κ1) is 15.2. The Labute approximate surface area is 134 Å². The Morgan fingerprint density at radius 3 is 2.42 bits per heavy atom. The molecule has 4 heteroatoms. The van der Waals surface area contributed by atoms with Crippen molar-refractivity contribution in [2.75, 3.05) is 0 Å². The number of alkyl halides is 1. The summed E-state index contributed by atoms with van der Waals surface area (Å²) in [7, 11) is 0. The number of hydrogen-bond acceptors (Lipinski definition) is 1. The fraction of sp³-hybridized carbons (Fsp3) is 0.333. The zero-order valence-electron chi connectivity index (χ0n) is 11.0. The normalized spacial score (nSPS) is 13.6. The van der Waals surface area contributed by atoms with E-state index in [2.05, 4.69) is 64.8 Å². The molecule has 0 fully saturated rings. The second-order valence-electron chi connectivity index (χ2n) is 5.46. The van der Waals surface area contributed by atoms with Gasteiger partial charge in [-0.15, -0.1) is 11.3 Å². The summed E-state index contributed by atoms with van der Waals surface area (Å²) in [6.45, 7) is 6.56. The lowest BCUT2D eigenvalue weighted by Crippen LogP contribution is -2.07. The molecule has 0 saturated heterocycles. The maximum atomic E-state index is 14.1. The summed E-state index contributed by atoms with van der Waals surface area (Å²) in [6.07, 6.45) is 0. The molecule has 2 rings (SSSR count). The molecule has 1 aromatic carbocycles. The molecule has 102 valence electrons. The maximum absolute atomic E-state index is 14.1. The lowest BCUT2D eigenvalue weighted by atomic mass is 9.95. The predicted molar refractivity (Wildman–Crippen MR) is 87.9 cm³/mol. The quantitative estimate of drug-likeness (QED) is 0.504. The summed E-state index contributed by atoms with van der Waals surface area (Å²) in [5, 5.41) is 0. The Morgan fingerprint density at radius 2 is 1.84 bits per heavy atom. The highest BCUT2D eigenvalue weighted by Crippen LogP contribution is 2.40. The van der Waals surface area contributed by atoms with Crippen molar-refractivity contribution in [3.05, 3.63) is 55.9 Å². The topological polar surface area (TPSA) is 0 Å². The van der Waals surface area contributed by atoms with Gasteiger partial charge in [0.1, 0.15) is 5.82 Å². The molecular weight excluding hydrogens is 391 g/mol. The van der Waals surface area contributed by atoms with Crippen molar-refractivity contribution < 1.29 is 4.39 Å². The molecule has 0 bridgehead atoms. The van der Waals surface area contributed by atoms with Gasteiger partial charge in [-0.25, -0.2) is 4.39 Å². The van der Waals surface area contributed by atoms with E-state index in [0.717, 1.165) is 4.88 Å². The van der Waals surface area contributed by atoms with Crippen LogP contribution < -0.4 is 0 Å². The smallest absolute Gasteiger partial charge is 0.142 e. The van der Waals surface area contributed by atoms with E-state index < -0.39 is 0 Å². The molecule has 0 amide bonds. The van der Waals surface area contributed by atoms with Crippen LogP contribution in [0.5, 0.6) is 0 Å². The molecule has 0 aliphatic rings. The fourth-order valence-electron chi connectivity index (χ4n) is 1.76. The third kappa shape index (κ3) is 3.29. The molecule has 1 heterocycles. The van der Waals surface area contributed by atoms with Crippen LogP contribution in [0.3, 0.4) is 0 Å². The Morgan fingerprint density at radius 1 is 1.16 bits per heavy atom. The molecule has 1 unspecified atom stereocenters. The van der Waals surface area contributed by atoms with Crippen molar-refractivity contribution in [3.8, 4) is 0 Å². The van der Waals surface area contributed by atoms with Crippen LogP contribution in [0.4, 0.5) is 4.39 Å². The van der Waals surface area contributed by atoms with Gasteiger partial charge in [0.15, 0.2) is 0 Å². The highest BCUT2D eigenvalue weighted by molar-refractivity contribution is 9.10. The molecule has 0 aliphatic heterocycles. The van der Waals surface area contributed by atoms with Gasteiger partial charge in [0.2, 0.25) is 0 Å². The fourth-order valence-corrected chi connectivity index (χ4v) is 3.99. The Kier molecular flexibility index (Phi) is 4.53. The standard InChI is InChI=1S/C15H15Br2FS/c1-15(2,3)12-8-7-11(19-12)13(17)9-5-4-6-10(16)14(9)18/h4-8,13H,1-3H3. The summed E-state index contributed by atoms with van der Waals surface area (Å²) < 4.78 is 14.6. The minimum absolute atomic E-state index is 0.105. The summed E-state index contributed by atoms with van der Waals surface area (Å²) in [4.78, 5) is 2.33. The Bertz CT molecular complexity index is 584. The molecule has 19 heavy (non-hydrogen) atoms. The van der Waals surface area contributed by atoms with Gasteiger partial charge in [0.05, 0.1) is 9.30 Å². The summed E-state index contributed by atoms with van der Waals surface area (Å²) in [5.41, 5.74) is 0.794. The number of halogens is 3. The largest absolute Gasteiger partial charge is 0.205 e. The molecule has 0 aliphatic carbocycles. The second-order valence-corrected chi connectivity index (χ2v) is 8.34. The van der Waals surface area contributed by atoms with E-state index in [1.54, 1.807) is 17.4 Å². The van der Waals surface area contributed by atoms with E-state index >= 15 is 0 Å². The zero-order chi connectivity index (χ0) is 14.2. The van der Waals surface area contributed by atoms with Gasteiger partial charge in [0.25, 0.3) is 0 Å². The van der Waals surface area contributed by atoms with Gasteiger partial charge >= 0.3 is 0 Å². The molecule has 2 aromatic rings. The first-order chi connectivity index (χ1) is 8.80. The highest BCUT2D eigenvalue weighted by atomic mass is 79.9. The first-order valence-corrected chi connectivity index (χ1v) is 8.51. The third-order valence-corrected chi connectivity index (χ3v) is 6.35. The van der Waals surface area contributed by atoms with Crippen LogP contribution in [0.25, 0.3) is 0 Å². The van der Waals surface area contributed by atoms with Gasteiger partial charge < -0.3 is 0 Å². The van der Waals surface area contributed by atoms with Crippen molar-refractivity contribution in [1.82, 2.24) is 0 Å². The third-order valence-electron chi connectivity index (χ3n) is 2.87. The van der Waals surface area contributed by atoms with E-state index in [0.29, 0.717) is 10.0 Å². The van der Waals surface area contributed by atoms with Crippen LogP contribution in [0.1, 0.15) is 40.9 Å². The van der Waals surface area contributed by atoms with Crippen molar-refractivity contribution in [2.45, 2.75) is 31.0 Å². The van der Waals surface area contributed by atoms with E-state index in [9.17, 15) is 4.39 Å². The van der Waals surface area contributed by atoms with Gasteiger partial charge in [-0.05, 0) is 39.5 Å². The molecule has 0 spiro atoms. The maximum Gasteiger partial charge on any atom is 0.142 e. The lowest BCUT2D eigenvalue weighted by molar-refractivity contribution is 0.604. The first-order valence-electron chi connectivity index (χ1n) is 5.99.